The molecule has 1 saturated heterocycles. The fraction of sp³-hybridized carbons (Fsp3) is 0.357. The van der Waals surface area contributed by atoms with Crippen molar-refractivity contribution in [3.8, 4) is 6.07 Å². The Hall–Kier alpha value is -2.39. The summed E-state index contributed by atoms with van der Waals surface area (Å²) in [7, 11) is 0. The van der Waals surface area contributed by atoms with Crippen molar-refractivity contribution in [3.05, 3.63) is 29.5 Å². The molecule has 1 aromatic carbocycles. The standard InChI is InChI=1S/C14H15N5O/c1-14(5-6-17-8-14)19-11(7-15)9-3-2-4-10(13(16)20)12(9)18-19/h2-4,17H,5-6,8H2,1H3,(H2,16,20). The predicted octanol–water partition coefficient (Wildman–Crippen LogP) is 0.715. The van der Waals surface area contributed by atoms with E-state index in [0.717, 1.165) is 19.5 Å². The first kappa shape index (κ1) is 12.6. The lowest BCUT2D eigenvalue weighted by molar-refractivity contribution is 0.100. The number of nitrogens with one attached hydrogen (secondary N) is 1. The second-order valence-electron chi connectivity index (χ2n) is 5.36. The van der Waals surface area contributed by atoms with E-state index in [1.807, 2.05) is 0 Å². The number of amides is 1. The Labute approximate surface area is 116 Å². The van der Waals surface area contributed by atoms with E-state index < -0.39 is 5.91 Å². The van der Waals surface area contributed by atoms with E-state index in [0.29, 0.717) is 22.2 Å². The number of hydrogen-bond acceptors (Lipinski definition) is 4. The summed E-state index contributed by atoms with van der Waals surface area (Å²) in [6.07, 6.45) is 0.890. The molecule has 3 N–H and O–H groups in total. The number of benzene rings is 1. The highest BCUT2D eigenvalue weighted by atomic mass is 16.1. The van der Waals surface area contributed by atoms with Gasteiger partial charge in [0.1, 0.15) is 17.3 Å². The van der Waals surface area contributed by atoms with Gasteiger partial charge in [0.25, 0.3) is 5.91 Å². The number of rotatable bonds is 2. The molecule has 2 heterocycles. The molecular formula is C14H15N5O. The highest BCUT2D eigenvalue weighted by molar-refractivity contribution is 6.05. The van der Waals surface area contributed by atoms with Gasteiger partial charge < -0.3 is 11.1 Å². The third-order valence-corrected chi connectivity index (χ3v) is 3.93. The number of fused-ring (bicyclic) bond motifs is 1. The summed E-state index contributed by atoms with van der Waals surface area (Å²) in [5, 5.41) is 17.9. The van der Waals surface area contributed by atoms with Crippen molar-refractivity contribution in [3.63, 3.8) is 0 Å². The normalized spacial score (nSPS) is 22.0. The van der Waals surface area contributed by atoms with E-state index in [1.165, 1.54) is 0 Å². The number of primary amides is 1. The molecule has 3 rings (SSSR count). The van der Waals surface area contributed by atoms with Crippen molar-refractivity contribution < 1.29 is 4.79 Å². The predicted molar refractivity (Wildman–Crippen MR) is 74.1 cm³/mol. The number of nitriles is 1. The molecule has 0 bridgehead atoms. The van der Waals surface area contributed by atoms with Gasteiger partial charge in [-0.1, -0.05) is 6.07 Å². The fourth-order valence-electron chi connectivity index (χ4n) is 2.79. The third-order valence-electron chi connectivity index (χ3n) is 3.93. The summed E-state index contributed by atoms with van der Waals surface area (Å²) in [6.45, 7) is 3.70. The number of carbonyl (C=O) groups is 1. The maximum atomic E-state index is 11.5. The fourth-order valence-corrected chi connectivity index (χ4v) is 2.79. The van der Waals surface area contributed by atoms with Crippen LogP contribution in [0.15, 0.2) is 18.2 Å². The van der Waals surface area contributed by atoms with Crippen LogP contribution in [-0.4, -0.2) is 28.8 Å². The maximum absolute atomic E-state index is 11.5. The lowest BCUT2D eigenvalue weighted by atomic mass is 10.0. The van der Waals surface area contributed by atoms with Crippen LogP contribution in [0.3, 0.4) is 0 Å². The molecule has 1 aliphatic heterocycles. The molecular weight excluding hydrogens is 254 g/mol. The Morgan fingerprint density at radius 1 is 1.60 bits per heavy atom. The molecule has 102 valence electrons. The van der Waals surface area contributed by atoms with Gasteiger partial charge in [0.2, 0.25) is 0 Å². The minimum absolute atomic E-state index is 0.251. The monoisotopic (exact) mass is 269 g/mol. The van der Waals surface area contributed by atoms with Gasteiger partial charge >= 0.3 is 0 Å². The number of hydrogen-bond donors (Lipinski definition) is 2. The molecule has 0 radical (unpaired) electrons. The van der Waals surface area contributed by atoms with Crippen molar-refractivity contribution >= 4 is 16.8 Å². The molecule has 1 atom stereocenters. The van der Waals surface area contributed by atoms with Gasteiger partial charge in [0.15, 0.2) is 0 Å². The molecule has 6 heteroatoms. The Balaban J connectivity index is 2.32. The average Bonchev–Trinajstić information content (AvgIpc) is 3.02. The Morgan fingerprint density at radius 2 is 2.40 bits per heavy atom. The highest BCUT2D eigenvalue weighted by Gasteiger charge is 2.34. The van der Waals surface area contributed by atoms with Crippen LogP contribution in [0.1, 0.15) is 29.4 Å². The van der Waals surface area contributed by atoms with Crippen LogP contribution in [0.5, 0.6) is 0 Å². The van der Waals surface area contributed by atoms with Crippen LogP contribution in [-0.2, 0) is 5.54 Å². The van der Waals surface area contributed by atoms with E-state index in [1.54, 1.807) is 22.9 Å². The van der Waals surface area contributed by atoms with Crippen LogP contribution in [0.2, 0.25) is 0 Å². The van der Waals surface area contributed by atoms with Crippen molar-refractivity contribution in [1.29, 1.82) is 5.26 Å². The van der Waals surface area contributed by atoms with Gasteiger partial charge in [-0.3, -0.25) is 4.79 Å². The van der Waals surface area contributed by atoms with E-state index in [9.17, 15) is 10.1 Å². The van der Waals surface area contributed by atoms with E-state index >= 15 is 0 Å². The summed E-state index contributed by atoms with van der Waals surface area (Å²) in [5.74, 6) is -0.528. The Bertz CT molecular complexity index is 734. The van der Waals surface area contributed by atoms with Gasteiger partial charge in [-0.05, 0) is 32.0 Å². The summed E-state index contributed by atoms with van der Waals surface area (Å²) in [6, 6.07) is 7.37. The Morgan fingerprint density at radius 3 is 3.00 bits per heavy atom. The maximum Gasteiger partial charge on any atom is 0.250 e. The molecule has 0 saturated carbocycles. The summed E-state index contributed by atoms with van der Waals surface area (Å²) >= 11 is 0. The lowest BCUT2D eigenvalue weighted by Crippen LogP contribution is -2.34. The highest BCUT2D eigenvalue weighted by Crippen LogP contribution is 2.30. The number of aromatic nitrogens is 2. The summed E-state index contributed by atoms with van der Waals surface area (Å²) in [4.78, 5) is 11.5. The van der Waals surface area contributed by atoms with Crippen LogP contribution in [0, 0.1) is 11.3 Å². The zero-order valence-electron chi connectivity index (χ0n) is 11.2. The van der Waals surface area contributed by atoms with Crippen molar-refractivity contribution in [2.75, 3.05) is 13.1 Å². The second-order valence-corrected chi connectivity index (χ2v) is 5.36. The van der Waals surface area contributed by atoms with Crippen LogP contribution in [0.25, 0.3) is 10.9 Å². The van der Waals surface area contributed by atoms with Gasteiger partial charge in [-0.25, -0.2) is 4.68 Å². The number of carbonyl (C=O) groups excluding carboxylic acids is 1. The van der Waals surface area contributed by atoms with Crippen LogP contribution in [0.4, 0.5) is 0 Å². The first-order valence-corrected chi connectivity index (χ1v) is 6.50. The SMILES string of the molecule is CC1(n2nc3c(C(N)=O)cccc3c2C#N)CCNC1. The Kier molecular flexibility index (Phi) is 2.73. The van der Waals surface area contributed by atoms with Crippen molar-refractivity contribution in [2.24, 2.45) is 5.73 Å². The summed E-state index contributed by atoms with van der Waals surface area (Å²) < 4.78 is 1.74. The topological polar surface area (TPSA) is 96.7 Å². The summed E-state index contributed by atoms with van der Waals surface area (Å²) in [5.41, 5.74) is 6.47. The average molecular weight is 269 g/mol. The van der Waals surface area contributed by atoms with Gasteiger partial charge in [0.05, 0.1) is 11.1 Å². The lowest BCUT2D eigenvalue weighted by Gasteiger charge is -2.24. The van der Waals surface area contributed by atoms with Crippen LogP contribution >= 0.6 is 0 Å². The first-order valence-electron chi connectivity index (χ1n) is 6.50. The van der Waals surface area contributed by atoms with Gasteiger partial charge in [-0.15, -0.1) is 0 Å². The van der Waals surface area contributed by atoms with E-state index in [2.05, 4.69) is 23.4 Å². The van der Waals surface area contributed by atoms with Crippen LogP contribution < -0.4 is 11.1 Å². The molecule has 0 aliphatic carbocycles. The van der Waals surface area contributed by atoms with Crippen molar-refractivity contribution in [1.82, 2.24) is 15.1 Å². The van der Waals surface area contributed by atoms with E-state index in [4.69, 9.17) is 5.73 Å². The molecule has 2 aromatic rings. The number of nitrogens with zero attached hydrogens (tertiary/aromatic N) is 3. The van der Waals surface area contributed by atoms with Crippen molar-refractivity contribution in [2.45, 2.75) is 18.9 Å². The quantitative estimate of drug-likeness (QED) is 0.839. The van der Waals surface area contributed by atoms with E-state index in [-0.39, 0.29) is 5.54 Å². The minimum atomic E-state index is -0.528. The molecule has 1 aromatic heterocycles. The number of nitrogens with two attached hydrogens (primary N) is 1. The zero-order chi connectivity index (χ0) is 14.3. The molecule has 1 aliphatic rings. The largest absolute Gasteiger partial charge is 0.366 e. The molecule has 1 amide bonds. The zero-order valence-corrected chi connectivity index (χ0v) is 11.2. The smallest absolute Gasteiger partial charge is 0.250 e. The third kappa shape index (κ3) is 1.67. The molecule has 0 spiro atoms. The molecule has 1 unspecified atom stereocenters. The molecule has 1 fully saturated rings. The minimum Gasteiger partial charge on any atom is -0.366 e. The first-order chi connectivity index (χ1) is 9.57. The van der Waals surface area contributed by atoms with Gasteiger partial charge in [-0.2, -0.15) is 10.4 Å². The second kappa shape index (κ2) is 4.32. The van der Waals surface area contributed by atoms with Gasteiger partial charge in [0, 0.05) is 11.9 Å². The molecule has 20 heavy (non-hydrogen) atoms. The molecule has 6 nitrogen and oxygen atoms in total.